The van der Waals surface area contributed by atoms with Crippen molar-refractivity contribution in [2.75, 3.05) is 0 Å². The molecule has 0 aliphatic carbocycles. The van der Waals surface area contributed by atoms with Crippen LogP contribution in [-0.4, -0.2) is 59.8 Å². The Morgan fingerprint density at radius 2 is 0.247 bits per heavy atom. The third kappa shape index (κ3) is 17.1. The summed E-state index contributed by atoms with van der Waals surface area (Å²) in [7, 11) is 0. The molecule has 0 N–H and O–H groups in total. The Bertz CT molecular complexity index is 9800. The number of fused-ring (bicyclic) bond motifs is 18. The largest absolute Gasteiger partial charge is 0.254 e. The maximum absolute atomic E-state index is 5.21. The standard InChI is InChI=1S/2C48H30N4.C42H26N4/c1-3-17-41(39(15-1)35-9-5-11-37(29-35)43-25-23-33-21-19-31-13-7-27-49-45(31)47(33)51-43)42-18-4-2-16-40(42)36-10-6-12-38(30-36)44-26-24-34-22-20-32-14-8-28-50-46(32)48(34)52-44;1-3-9-31(10-4-1)41-25-21-33-17-19-35-23-27-43(51-47(35)45(33)49-41)39-15-7-13-37(29-39)38-14-8-16-40(30-38)44-28-24-36-20-18-34-22-26-42(32-11-5-2-6-12-32)50-46(34)48(36)52-44;1-3-8-27(9-4-1)35-22-18-29-14-16-31-20-24-37(45-41(31)39(29)43-35)33-12-7-13-34(26-33)38-25-21-32-17-15-30-19-23-36(28-10-5-2-6-11-28)44-40(30)42(32)46-38/h2*1-30H;1-26H. The smallest absolute Gasteiger partial charge is 0.0972 e. The van der Waals surface area contributed by atoms with E-state index in [0.717, 1.165) is 277 Å². The molecule has 29 rings (SSSR count). The second kappa shape index (κ2) is 38.4. The fourth-order valence-electron chi connectivity index (χ4n) is 20.7. The van der Waals surface area contributed by atoms with E-state index >= 15 is 0 Å². The highest BCUT2D eigenvalue weighted by Crippen LogP contribution is 2.44. The summed E-state index contributed by atoms with van der Waals surface area (Å²) >= 11 is 0. The molecular formula is C138H86N12. The van der Waals surface area contributed by atoms with Crippen molar-refractivity contribution in [3.8, 4) is 157 Å². The van der Waals surface area contributed by atoms with Gasteiger partial charge in [-0.3, -0.25) is 9.97 Å². The van der Waals surface area contributed by atoms with Gasteiger partial charge in [0, 0.05) is 133 Å². The van der Waals surface area contributed by atoms with Crippen molar-refractivity contribution in [3.63, 3.8) is 0 Å². The highest BCUT2D eigenvalue weighted by Gasteiger charge is 2.21. The Morgan fingerprint density at radius 3 is 0.473 bits per heavy atom. The molecular weight excluding hydrogens is 1830 g/mol. The van der Waals surface area contributed by atoms with Gasteiger partial charge in [-0.2, -0.15) is 0 Å². The minimum Gasteiger partial charge on any atom is -0.254 e. The molecule has 12 heterocycles. The summed E-state index contributed by atoms with van der Waals surface area (Å²) in [5.74, 6) is 0. The van der Waals surface area contributed by atoms with Gasteiger partial charge in [0.05, 0.1) is 123 Å². The lowest BCUT2D eigenvalue weighted by Gasteiger charge is -2.16. The minimum absolute atomic E-state index is 0.897. The van der Waals surface area contributed by atoms with E-state index in [0.29, 0.717) is 0 Å². The Balaban J connectivity index is 0.000000111. The summed E-state index contributed by atoms with van der Waals surface area (Å²) in [6, 6.07) is 177. The van der Waals surface area contributed by atoms with E-state index in [1.54, 1.807) is 0 Å². The van der Waals surface area contributed by atoms with Crippen molar-refractivity contribution in [2.24, 2.45) is 0 Å². The molecule has 0 aliphatic rings. The summed E-state index contributed by atoms with van der Waals surface area (Å²) in [6.07, 6.45) is 3.67. The van der Waals surface area contributed by atoms with Crippen LogP contribution in [0.25, 0.3) is 288 Å². The van der Waals surface area contributed by atoms with Crippen LogP contribution in [0, 0.1) is 0 Å². The molecule has 0 saturated heterocycles. The summed E-state index contributed by atoms with van der Waals surface area (Å²) in [6.45, 7) is 0. The molecule has 0 amide bonds. The van der Waals surface area contributed by atoms with Gasteiger partial charge in [-0.05, 0) is 148 Å². The third-order valence-corrected chi connectivity index (χ3v) is 28.4. The second-order valence-corrected chi connectivity index (χ2v) is 37.7. The molecule has 17 aromatic carbocycles. The fourth-order valence-corrected chi connectivity index (χ4v) is 20.7. The van der Waals surface area contributed by atoms with Gasteiger partial charge in [0.2, 0.25) is 0 Å². The monoisotopic (exact) mass is 1910 g/mol. The first-order chi connectivity index (χ1) is 74.3. The molecule has 0 unspecified atom stereocenters. The first-order valence-electron chi connectivity index (χ1n) is 50.3. The van der Waals surface area contributed by atoms with Gasteiger partial charge in [0.15, 0.2) is 0 Å². The fraction of sp³-hybridized carbons (Fsp3) is 0. The Hall–Kier alpha value is -20.3. The predicted octanol–water partition coefficient (Wildman–Crippen LogP) is 35.0. The van der Waals surface area contributed by atoms with Crippen LogP contribution < -0.4 is 0 Å². The van der Waals surface area contributed by atoms with E-state index in [-0.39, 0.29) is 0 Å². The number of nitrogens with zero attached hydrogens (tertiary/aromatic N) is 12. The predicted molar refractivity (Wildman–Crippen MR) is 619 cm³/mol. The van der Waals surface area contributed by atoms with Crippen LogP contribution in [0.3, 0.4) is 0 Å². The minimum atomic E-state index is 0.897. The van der Waals surface area contributed by atoms with E-state index < -0.39 is 0 Å². The summed E-state index contributed by atoms with van der Waals surface area (Å²) in [4.78, 5) is 60.7. The summed E-state index contributed by atoms with van der Waals surface area (Å²) in [5, 5.41) is 12.9. The molecule has 12 nitrogen and oxygen atoms in total. The molecule has 29 aromatic rings. The molecule has 0 radical (unpaired) electrons. The number of benzene rings is 17. The lowest BCUT2D eigenvalue weighted by Crippen LogP contribution is -1.92. The van der Waals surface area contributed by atoms with Gasteiger partial charge in [0.1, 0.15) is 0 Å². The van der Waals surface area contributed by atoms with Crippen molar-refractivity contribution in [1.82, 2.24) is 59.8 Å². The number of rotatable bonds is 14. The van der Waals surface area contributed by atoms with Crippen molar-refractivity contribution < 1.29 is 0 Å². The zero-order chi connectivity index (χ0) is 99.3. The molecule has 0 spiro atoms. The summed E-state index contributed by atoms with van der Waals surface area (Å²) in [5.41, 5.74) is 40.0. The SMILES string of the molecule is c1cc(-c2ccc3ccc4cccnc4c3n2)cc(-c2ccccc2-c2ccccc2-c2cccc(-c3ccc4ccc5cccnc5c4n3)c2)c1.c1ccc(-c2ccc3ccc4ccc(-c5cccc(-c6ccc7ccc8ccc(-c9ccccc9)nc8c7n6)c5)nc4c3n2)cc1.c1ccc(-c2ccc3ccc4ccc(-c5cccc(-c6cccc(-c7ccc8ccc9ccc(-c%10ccccc%10)nc9c8n7)c6)c5)nc4c3n2)cc1. The lowest BCUT2D eigenvalue weighted by molar-refractivity contribution is 1.35. The zero-order valence-electron chi connectivity index (χ0n) is 81.0. The third-order valence-electron chi connectivity index (χ3n) is 28.4. The van der Waals surface area contributed by atoms with Crippen molar-refractivity contribution in [3.05, 3.63) is 522 Å². The molecule has 0 bridgehead atoms. The maximum Gasteiger partial charge on any atom is 0.0972 e. The maximum atomic E-state index is 5.21. The van der Waals surface area contributed by atoms with Crippen molar-refractivity contribution in [1.29, 1.82) is 0 Å². The number of hydrogen-bond acceptors (Lipinski definition) is 12. The Labute approximate surface area is 863 Å². The van der Waals surface area contributed by atoms with Crippen LogP contribution in [0.4, 0.5) is 0 Å². The average Bonchev–Trinajstić information content (AvgIpc) is 0.718. The molecule has 0 fully saturated rings. The molecule has 0 aliphatic heterocycles. The van der Waals surface area contributed by atoms with E-state index in [4.69, 9.17) is 49.8 Å². The molecule has 0 atom stereocenters. The van der Waals surface area contributed by atoms with Gasteiger partial charge in [-0.15, -0.1) is 0 Å². The first-order valence-corrected chi connectivity index (χ1v) is 50.3. The van der Waals surface area contributed by atoms with Gasteiger partial charge < -0.3 is 0 Å². The van der Waals surface area contributed by atoms with E-state index in [1.165, 1.54) is 11.1 Å². The molecule has 12 aromatic heterocycles. The van der Waals surface area contributed by atoms with Crippen molar-refractivity contribution >= 4 is 131 Å². The van der Waals surface area contributed by atoms with Crippen LogP contribution in [0.5, 0.6) is 0 Å². The highest BCUT2D eigenvalue weighted by molar-refractivity contribution is 6.11. The Morgan fingerprint density at radius 1 is 0.0933 bits per heavy atom. The van der Waals surface area contributed by atoms with Gasteiger partial charge in [-0.1, -0.05) is 406 Å². The average molecular weight is 1910 g/mol. The van der Waals surface area contributed by atoms with Gasteiger partial charge in [0.25, 0.3) is 0 Å². The van der Waals surface area contributed by atoms with Gasteiger partial charge in [-0.25, -0.2) is 49.8 Å². The number of hydrogen-bond donors (Lipinski definition) is 0. The lowest BCUT2D eigenvalue weighted by atomic mass is 9.88. The highest BCUT2D eigenvalue weighted by atomic mass is 14.8. The van der Waals surface area contributed by atoms with Crippen LogP contribution in [0.15, 0.2) is 522 Å². The zero-order valence-corrected chi connectivity index (χ0v) is 81.0. The van der Waals surface area contributed by atoms with Crippen LogP contribution >= 0.6 is 0 Å². The van der Waals surface area contributed by atoms with E-state index in [9.17, 15) is 0 Å². The normalized spacial score (nSPS) is 11.5. The van der Waals surface area contributed by atoms with Crippen molar-refractivity contribution in [2.45, 2.75) is 0 Å². The number of aromatic nitrogens is 12. The molecule has 698 valence electrons. The molecule has 0 saturated carbocycles. The van der Waals surface area contributed by atoms with Crippen LogP contribution in [0.2, 0.25) is 0 Å². The van der Waals surface area contributed by atoms with Crippen LogP contribution in [-0.2, 0) is 0 Å². The van der Waals surface area contributed by atoms with E-state index in [2.05, 4.69) is 435 Å². The van der Waals surface area contributed by atoms with E-state index in [1.807, 2.05) is 97.3 Å². The summed E-state index contributed by atoms with van der Waals surface area (Å²) < 4.78 is 0. The molecule has 12 heteroatoms. The van der Waals surface area contributed by atoms with Crippen LogP contribution in [0.1, 0.15) is 0 Å². The quantitative estimate of drug-likeness (QED) is 0.0952. The molecule has 150 heavy (non-hydrogen) atoms. The van der Waals surface area contributed by atoms with Gasteiger partial charge >= 0.3 is 0 Å². The topological polar surface area (TPSA) is 155 Å². The second-order valence-electron chi connectivity index (χ2n) is 37.7. The number of pyridine rings is 12. The Kier molecular flexibility index (Phi) is 22.7. The first kappa shape index (κ1) is 88.6.